The molecule has 0 fully saturated rings. The number of amides is 2. The molecule has 1 rings (SSSR count). The molecule has 0 aromatic carbocycles. The maximum absolute atomic E-state index is 11.5. The molecule has 8 nitrogen and oxygen atoms in total. The van der Waals surface area contributed by atoms with Gasteiger partial charge < -0.3 is 15.3 Å². The van der Waals surface area contributed by atoms with E-state index < -0.39 is 22.4 Å². The molecule has 1 heterocycles. The Morgan fingerprint density at radius 3 is 2.65 bits per heavy atom. The van der Waals surface area contributed by atoms with Gasteiger partial charge in [0.05, 0.1) is 0 Å². The molecule has 1 aromatic rings. The van der Waals surface area contributed by atoms with Crippen LogP contribution >= 0.6 is 46.1 Å². The van der Waals surface area contributed by atoms with Crippen LogP contribution in [0.25, 0.3) is 0 Å². The Kier molecular flexibility index (Phi) is 7.33. The second-order valence-corrected chi connectivity index (χ2v) is 7.69. The zero-order chi connectivity index (χ0) is 17.6. The number of aromatic nitrogens is 1. The molecule has 0 saturated carbocycles. The van der Waals surface area contributed by atoms with Gasteiger partial charge >= 0.3 is 6.09 Å². The minimum absolute atomic E-state index is 0.146. The predicted molar refractivity (Wildman–Crippen MR) is 89.3 cm³/mol. The molecule has 0 aliphatic rings. The molecule has 0 aliphatic heterocycles. The topological polar surface area (TPSA) is 116 Å². The molecule has 0 bridgehead atoms. The van der Waals surface area contributed by atoms with Crippen LogP contribution in [0.4, 0.5) is 9.93 Å². The van der Waals surface area contributed by atoms with Crippen LogP contribution in [-0.2, 0) is 14.4 Å². The van der Waals surface area contributed by atoms with Crippen LogP contribution in [0.2, 0.25) is 0 Å². The van der Waals surface area contributed by atoms with Gasteiger partial charge in [0.1, 0.15) is 18.4 Å². The van der Waals surface area contributed by atoms with Crippen molar-refractivity contribution in [3.05, 3.63) is 11.1 Å². The normalized spacial score (nSPS) is 12.2. The van der Waals surface area contributed by atoms with Gasteiger partial charge in [-0.1, -0.05) is 40.0 Å². The average Bonchev–Trinajstić information content (AvgIpc) is 2.83. The number of halogens is 3. The van der Waals surface area contributed by atoms with E-state index in [2.05, 4.69) is 20.2 Å². The van der Waals surface area contributed by atoms with Crippen LogP contribution in [0.5, 0.6) is 0 Å². The molecule has 0 atom stereocenters. The predicted octanol–water partition coefficient (Wildman–Crippen LogP) is 2.68. The van der Waals surface area contributed by atoms with Crippen molar-refractivity contribution in [3.63, 3.8) is 0 Å². The summed E-state index contributed by atoms with van der Waals surface area (Å²) in [5.74, 6) is -0.818. The van der Waals surface area contributed by atoms with Crippen molar-refractivity contribution in [2.75, 3.05) is 11.9 Å². The van der Waals surface area contributed by atoms with Gasteiger partial charge in [-0.05, 0) is 13.8 Å². The molecule has 1 aromatic heterocycles. The zero-order valence-electron chi connectivity index (χ0n) is 12.0. The third-order valence-corrected chi connectivity index (χ3v) is 3.00. The quantitative estimate of drug-likeness (QED) is 0.430. The van der Waals surface area contributed by atoms with Crippen LogP contribution in [0.15, 0.2) is 10.5 Å². The summed E-state index contributed by atoms with van der Waals surface area (Å²) in [6.07, 6.45) is -1.11. The molecule has 0 aliphatic carbocycles. The highest BCUT2D eigenvalue weighted by molar-refractivity contribution is 7.14. The summed E-state index contributed by atoms with van der Waals surface area (Å²) in [7, 11) is 0. The fourth-order valence-corrected chi connectivity index (χ4v) is 1.93. The van der Waals surface area contributed by atoms with Gasteiger partial charge in [-0.3, -0.25) is 10.1 Å². The van der Waals surface area contributed by atoms with Gasteiger partial charge in [-0.15, -0.1) is 11.3 Å². The molecular weight excluding hydrogens is 391 g/mol. The number of carbonyl (C=O) groups is 2. The molecule has 128 valence electrons. The van der Waals surface area contributed by atoms with E-state index in [4.69, 9.17) is 45.4 Å². The number of thiazole rings is 1. The summed E-state index contributed by atoms with van der Waals surface area (Å²) in [6.45, 7) is 3.03. The minimum atomic E-state index is -1.72. The summed E-state index contributed by atoms with van der Waals surface area (Å²) in [6, 6.07) is 0. The largest absolute Gasteiger partial charge is 0.445 e. The van der Waals surface area contributed by atoms with Crippen molar-refractivity contribution in [2.45, 2.75) is 23.7 Å². The van der Waals surface area contributed by atoms with Crippen molar-refractivity contribution in [3.8, 4) is 0 Å². The lowest BCUT2D eigenvalue weighted by Gasteiger charge is -2.10. The SMILES string of the molecule is CC(C)ON=C(C(N)=O)c1csc(NC(=O)OCC(Cl)(Cl)Cl)n1. The summed E-state index contributed by atoms with van der Waals surface area (Å²) in [5.41, 5.74) is 5.20. The van der Waals surface area contributed by atoms with Crippen molar-refractivity contribution in [1.29, 1.82) is 0 Å². The van der Waals surface area contributed by atoms with E-state index >= 15 is 0 Å². The monoisotopic (exact) mass is 402 g/mol. The number of ether oxygens (including phenoxy) is 1. The van der Waals surface area contributed by atoms with Gasteiger partial charge in [0.2, 0.25) is 3.79 Å². The summed E-state index contributed by atoms with van der Waals surface area (Å²) >= 11 is 17.4. The zero-order valence-corrected chi connectivity index (χ0v) is 15.1. The molecule has 0 radical (unpaired) electrons. The molecule has 0 saturated heterocycles. The number of nitrogens with two attached hydrogens (primary N) is 1. The molecule has 12 heteroatoms. The molecule has 0 spiro atoms. The van der Waals surface area contributed by atoms with Crippen molar-refractivity contribution in [2.24, 2.45) is 10.9 Å². The van der Waals surface area contributed by atoms with Crippen LogP contribution in [0, 0.1) is 0 Å². The maximum atomic E-state index is 11.5. The van der Waals surface area contributed by atoms with Crippen LogP contribution in [0.1, 0.15) is 19.5 Å². The molecular formula is C11H13Cl3N4O4S. The lowest BCUT2D eigenvalue weighted by molar-refractivity contribution is -0.112. The fraction of sp³-hybridized carbons (Fsp3) is 0.455. The lowest BCUT2D eigenvalue weighted by atomic mass is 10.3. The maximum Gasteiger partial charge on any atom is 0.413 e. The lowest BCUT2D eigenvalue weighted by Crippen LogP contribution is -2.25. The Bertz CT molecular complexity index is 600. The number of primary amides is 1. The van der Waals surface area contributed by atoms with Gasteiger partial charge in [0.25, 0.3) is 5.91 Å². The van der Waals surface area contributed by atoms with Gasteiger partial charge in [-0.25, -0.2) is 9.78 Å². The van der Waals surface area contributed by atoms with Gasteiger partial charge in [0, 0.05) is 5.38 Å². The van der Waals surface area contributed by atoms with E-state index in [1.165, 1.54) is 5.38 Å². The summed E-state index contributed by atoms with van der Waals surface area (Å²) in [5, 5.41) is 7.58. The third kappa shape index (κ3) is 7.69. The first-order valence-electron chi connectivity index (χ1n) is 6.08. The molecule has 23 heavy (non-hydrogen) atoms. The van der Waals surface area contributed by atoms with E-state index in [-0.39, 0.29) is 22.6 Å². The standard InChI is InChI=1S/C11H13Cl3N4O4S/c1-5(2)22-18-7(8(15)19)6-3-23-9(16-6)17-10(20)21-4-11(12,13)14/h3,5H,4H2,1-2H3,(H2,15,19)(H,16,17,20). The first-order valence-corrected chi connectivity index (χ1v) is 8.10. The Morgan fingerprint density at radius 2 is 2.13 bits per heavy atom. The van der Waals surface area contributed by atoms with E-state index in [1.807, 2.05) is 0 Å². The number of alkyl halides is 3. The number of hydrogen-bond donors (Lipinski definition) is 2. The second-order valence-electron chi connectivity index (χ2n) is 4.31. The number of hydrogen-bond acceptors (Lipinski definition) is 7. The number of carbonyl (C=O) groups excluding carboxylic acids is 2. The van der Waals surface area contributed by atoms with Crippen LogP contribution in [-0.4, -0.2) is 39.2 Å². The van der Waals surface area contributed by atoms with Gasteiger partial charge in [-0.2, -0.15) is 0 Å². The third-order valence-electron chi connectivity index (χ3n) is 1.91. The molecule has 2 amide bonds. The van der Waals surface area contributed by atoms with Crippen LogP contribution in [0.3, 0.4) is 0 Å². The first kappa shape index (κ1) is 19.8. The highest BCUT2D eigenvalue weighted by Gasteiger charge is 2.23. The Balaban J connectivity index is 2.74. The number of nitrogens with zero attached hydrogens (tertiary/aromatic N) is 2. The van der Waals surface area contributed by atoms with Crippen LogP contribution < -0.4 is 11.1 Å². The number of oxime groups is 1. The highest BCUT2D eigenvalue weighted by atomic mass is 35.6. The second kappa shape index (κ2) is 8.53. The van der Waals surface area contributed by atoms with Gasteiger partial charge in [0.15, 0.2) is 10.8 Å². The van der Waals surface area contributed by atoms with E-state index in [1.54, 1.807) is 13.8 Å². The number of nitrogens with one attached hydrogen (secondary N) is 1. The van der Waals surface area contributed by atoms with E-state index in [0.717, 1.165) is 11.3 Å². The molecule has 3 N–H and O–H groups in total. The number of rotatable bonds is 6. The smallest absolute Gasteiger partial charge is 0.413 e. The first-order chi connectivity index (χ1) is 10.6. The molecule has 0 unspecified atom stereocenters. The number of anilines is 1. The fourth-order valence-electron chi connectivity index (χ4n) is 1.09. The van der Waals surface area contributed by atoms with E-state index in [9.17, 15) is 9.59 Å². The van der Waals surface area contributed by atoms with Crippen molar-refractivity contribution >= 4 is 69.0 Å². The summed E-state index contributed by atoms with van der Waals surface area (Å²) < 4.78 is 2.96. The summed E-state index contributed by atoms with van der Waals surface area (Å²) in [4.78, 5) is 31.8. The van der Waals surface area contributed by atoms with E-state index in [0.29, 0.717) is 0 Å². The Morgan fingerprint density at radius 1 is 1.48 bits per heavy atom. The average molecular weight is 404 g/mol. The minimum Gasteiger partial charge on any atom is -0.445 e. The van der Waals surface area contributed by atoms with Crippen molar-refractivity contribution < 1.29 is 19.2 Å². The van der Waals surface area contributed by atoms with Crippen molar-refractivity contribution in [1.82, 2.24) is 4.98 Å². The highest BCUT2D eigenvalue weighted by Crippen LogP contribution is 2.26. The Labute approximate surface area is 150 Å². The Hall–Kier alpha value is -1.29.